The van der Waals surface area contributed by atoms with Crippen molar-refractivity contribution in [2.75, 3.05) is 25.0 Å². The lowest BCUT2D eigenvalue weighted by Crippen LogP contribution is -2.33. The topological polar surface area (TPSA) is 58.4 Å². The number of nitrogens with one attached hydrogen (secondary N) is 1. The molecule has 1 saturated heterocycles. The van der Waals surface area contributed by atoms with Crippen LogP contribution in [0, 0.1) is 5.92 Å². The predicted molar refractivity (Wildman–Crippen MR) is 73.7 cm³/mol. The molecule has 1 fully saturated rings. The third kappa shape index (κ3) is 3.45. The van der Waals surface area contributed by atoms with Gasteiger partial charge in [0.2, 0.25) is 5.91 Å². The summed E-state index contributed by atoms with van der Waals surface area (Å²) in [6.45, 7) is 4.15. The van der Waals surface area contributed by atoms with Gasteiger partial charge < -0.3 is 11.1 Å². The van der Waals surface area contributed by atoms with Crippen molar-refractivity contribution in [2.45, 2.75) is 13.0 Å². The number of halogens is 1. The summed E-state index contributed by atoms with van der Waals surface area (Å²) in [4.78, 5) is 13.9. The summed E-state index contributed by atoms with van der Waals surface area (Å²) in [5, 5.41) is 3.45. The van der Waals surface area contributed by atoms with E-state index in [1.54, 1.807) is 12.1 Å². The highest BCUT2D eigenvalue weighted by Crippen LogP contribution is 2.16. The van der Waals surface area contributed by atoms with Crippen LogP contribution < -0.4 is 11.1 Å². The van der Waals surface area contributed by atoms with E-state index in [2.05, 4.69) is 17.1 Å². The Bertz CT molecular complexity index is 428. The molecule has 1 aromatic rings. The highest BCUT2D eigenvalue weighted by atomic mass is 35.5. The van der Waals surface area contributed by atoms with E-state index in [9.17, 15) is 4.79 Å². The van der Waals surface area contributed by atoms with Gasteiger partial charge in [0.15, 0.2) is 0 Å². The van der Waals surface area contributed by atoms with E-state index >= 15 is 0 Å². The van der Waals surface area contributed by atoms with E-state index in [1.165, 1.54) is 0 Å². The molecule has 1 aromatic carbocycles. The van der Waals surface area contributed by atoms with Gasteiger partial charge in [0.25, 0.3) is 0 Å². The van der Waals surface area contributed by atoms with Gasteiger partial charge in [-0.15, -0.1) is 0 Å². The first-order valence-corrected chi connectivity index (χ1v) is 6.46. The number of nitrogens with two attached hydrogens (primary N) is 1. The normalized spacial score (nSPS) is 24.2. The molecule has 0 spiro atoms. The lowest BCUT2D eigenvalue weighted by Gasteiger charge is -2.14. The largest absolute Gasteiger partial charge is 0.326 e. The summed E-state index contributed by atoms with van der Waals surface area (Å²) in [5.41, 5.74) is 6.65. The molecule has 2 rings (SSSR count). The fourth-order valence-electron chi connectivity index (χ4n) is 2.19. The maximum absolute atomic E-state index is 11.9. The van der Waals surface area contributed by atoms with Crippen molar-refractivity contribution < 1.29 is 4.79 Å². The number of rotatable bonds is 3. The van der Waals surface area contributed by atoms with Gasteiger partial charge in [-0.25, -0.2) is 0 Å². The van der Waals surface area contributed by atoms with Crippen LogP contribution in [0.3, 0.4) is 0 Å². The molecule has 1 aliphatic rings. The zero-order valence-corrected chi connectivity index (χ0v) is 11.2. The fourth-order valence-corrected chi connectivity index (χ4v) is 2.38. The average molecular weight is 268 g/mol. The first-order chi connectivity index (χ1) is 8.54. The van der Waals surface area contributed by atoms with E-state index in [0.717, 1.165) is 18.8 Å². The molecule has 1 aliphatic heterocycles. The Labute approximate surface area is 112 Å². The number of carbonyl (C=O) groups excluding carboxylic acids is 1. The van der Waals surface area contributed by atoms with Crippen LogP contribution in [0.5, 0.6) is 0 Å². The molecule has 5 heteroatoms. The molecule has 18 heavy (non-hydrogen) atoms. The third-order valence-electron chi connectivity index (χ3n) is 3.22. The van der Waals surface area contributed by atoms with Crippen molar-refractivity contribution in [3.8, 4) is 0 Å². The Morgan fingerprint density at radius 3 is 2.94 bits per heavy atom. The molecule has 0 aliphatic carbocycles. The zero-order chi connectivity index (χ0) is 13.1. The van der Waals surface area contributed by atoms with Gasteiger partial charge >= 0.3 is 0 Å². The summed E-state index contributed by atoms with van der Waals surface area (Å²) < 4.78 is 0. The molecule has 4 nitrogen and oxygen atoms in total. The van der Waals surface area contributed by atoms with E-state index in [4.69, 9.17) is 17.3 Å². The Morgan fingerprint density at radius 1 is 1.56 bits per heavy atom. The van der Waals surface area contributed by atoms with Gasteiger partial charge in [0.05, 0.1) is 6.54 Å². The fraction of sp³-hybridized carbons (Fsp3) is 0.462. The first-order valence-electron chi connectivity index (χ1n) is 6.08. The first kappa shape index (κ1) is 13.3. The second kappa shape index (κ2) is 5.69. The quantitative estimate of drug-likeness (QED) is 0.874. The summed E-state index contributed by atoms with van der Waals surface area (Å²) in [7, 11) is 0. The minimum absolute atomic E-state index is 0.0291. The SMILES string of the molecule is CC1CN(CC(=O)Nc2cccc(Cl)c2)CC1N. The number of hydrogen-bond acceptors (Lipinski definition) is 3. The molecule has 2 atom stereocenters. The highest BCUT2D eigenvalue weighted by molar-refractivity contribution is 6.30. The number of likely N-dealkylation sites (tertiary alicyclic amines) is 1. The third-order valence-corrected chi connectivity index (χ3v) is 3.46. The van der Waals surface area contributed by atoms with Gasteiger partial charge in [0, 0.05) is 29.8 Å². The van der Waals surface area contributed by atoms with Crippen LogP contribution >= 0.6 is 11.6 Å². The molecular formula is C13H18ClN3O. The molecule has 0 bridgehead atoms. The lowest BCUT2D eigenvalue weighted by atomic mass is 10.1. The monoisotopic (exact) mass is 267 g/mol. The van der Waals surface area contributed by atoms with Crippen molar-refractivity contribution in [1.82, 2.24) is 4.90 Å². The number of hydrogen-bond donors (Lipinski definition) is 2. The Kier molecular flexibility index (Phi) is 4.22. The summed E-state index contributed by atoms with van der Waals surface area (Å²) in [6.07, 6.45) is 0. The minimum Gasteiger partial charge on any atom is -0.326 e. The average Bonchev–Trinajstić information content (AvgIpc) is 2.57. The summed E-state index contributed by atoms with van der Waals surface area (Å²) in [6, 6.07) is 7.31. The molecule has 98 valence electrons. The number of anilines is 1. The molecule has 2 unspecified atom stereocenters. The number of benzene rings is 1. The van der Waals surface area contributed by atoms with Crippen LogP contribution in [0.4, 0.5) is 5.69 Å². The van der Waals surface area contributed by atoms with Crippen LogP contribution in [0.1, 0.15) is 6.92 Å². The van der Waals surface area contributed by atoms with E-state index < -0.39 is 0 Å². The Morgan fingerprint density at radius 2 is 2.33 bits per heavy atom. The Hall–Kier alpha value is -1.10. The second-order valence-corrected chi connectivity index (χ2v) is 5.33. The molecule has 1 amide bonds. The van der Waals surface area contributed by atoms with Crippen molar-refractivity contribution in [3.05, 3.63) is 29.3 Å². The molecular weight excluding hydrogens is 250 g/mol. The predicted octanol–water partition coefficient (Wildman–Crippen LogP) is 1.56. The van der Waals surface area contributed by atoms with Gasteiger partial charge in [0.1, 0.15) is 0 Å². The molecule has 0 saturated carbocycles. The van der Waals surface area contributed by atoms with Crippen molar-refractivity contribution >= 4 is 23.2 Å². The zero-order valence-electron chi connectivity index (χ0n) is 10.4. The maximum Gasteiger partial charge on any atom is 0.238 e. The number of nitrogens with zero attached hydrogens (tertiary/aromatic N) is 1. The van der Waals surface area contributed by atoms with Gasteiger partial charge in [-0.2, -0.15) is 0 Å². The van der Waals surface area contributed by atoms with Gasteiger partial charge in [-0.3, -0.25) is 9.69 Å². The summed E-state index contributed by atoms with van der Waals surface area (Å²) >= 11 is 5.86. The number of carbonyl (C=O) groups is 1. The van der Waals surface area contributed by atoms with Crippen LogP contribution in [-0.4, -0.2) is 36.5 Å². The van der Waals surface area contributed by atoms with E-state index in [-0.39, 0.29) is 11.9 Å². The summed E-state index contributed by atoms with van der Waals surface area (Å²) in [5.74, 6) is 0.419. The van der Waals surface area contributed by atoms with Crippen LogP contribution in [0.25, 0.3) is 0 Å². The number of amides is 1. The van der Waals surface area contributed by atoms with Gasteiger partial charge in [-0.05, 0) is 24.1 Å². The van der Waals surface area contributed by atoms with E-state index in [1.807, 2.05) is 12.1 Å². The standard InChI is InChI=1S/C13H18ClN3O/c1-9-6-17(7-12(9)15)8-13(18)16-11-4-2-3-10(14)5-11/h2-5,9,12H,6-8,15H2,1H3,(H,16,18). The van der Waals surface area contributed by atoms with Gasteiger partial charge in [-0.1, -0.05) is 24.6 Å². The van der Waals surface area contributed by atoms with E-state index in [0.29, 0.717) is 17.5 Å². The van der Waals surface area contributed by atoms with Crippen molar-refractivity contribution in [2.24, 2.45) is 11.7 Å². The molecule has 0 radical (unpaired) electrons. The minimum atomic E-state index is -0.0291. The van der Waals surface area contributed by atoms with Crippen molar-refractivity contribution in [1.29, 1.82) is 0 Å². The maximum atomic E-state index is 11.9. The van der Waals surface area contributed by atoms with Crippen LogP contribution in [0.2, 0.25) is 5.02 Å². The molecule has 3 N–H and O–H groups in total. The van der Waals surface area contributed by atoms with Crippen LogP contribution in [-0.2, 0) is 4.79 Å². The second-order valence-electron chi connectivity index (χ2n) is 4.89. The lowest BCUT2D eigenvalue weighted by molar-refractivity contribution is -0.117. The van der Waals surface area contributed by atoms with Crippen molar-refractivity contribution in [3.63, 3.8) is 0 Å². The highest BCUT2D eigenvalue weighted by Gasteiger charge is 2.27. The van der Waals surface area contributed by atoms with Crippen LogP contribution in [0.15, 0.2) is 24.3 Å². The Balaban J connectivity index is 1.86. The smallest absolute Gasteiger partial charge is 0.238 e. The molecule has 1 heterocycles. The molecule has 0 aromatic heterocycles.